The van der Waals surface area contributed by atoms with Gasteiger partial charge in [-0.15, -0.1) is 0 Å². The number of likely N-dealkylation sites (tertiary alicyclic amines) is 1. The number of thiocarbonyl (C=S) groups is 1. The van der Waals surface area contributed by atoms with Gasteiger partial charge in [-0.1, -0.05) is 34.2 Å². The molecular weight excluding hydrogens is 466 g/mol. The average Bonchev–Trinajstić information content (AvgIpc) is 2.78. The van der Waals surface area contributed by atoms with Crippen molar-refractivity contribution < 1.29 is 19.0 Å². The van der Waals surface area contributed by atoms with E-state index in [-0.39, 0.29) is 0 Å². The summed E-state index contributed by atoms with van der Waals surface area (Å²) in [6, 6.07) is 10.9. The van der Waals surface area contributed by atoms with Gasteiger partial charge in [0.2, 0.25) is 0 Å². The standard InChI is InChI=1S/C23H24BrNO4S/c1-27-20-9-6-16(14-21(20)28-2)7-11-22(26)29-19-10-8-17(24)15-18(19)23(30)25-12-4-3-5-13-25/h6-11,14-15H,3-5,12-13H2,1-2H3/b11-7+. The van der Waals surface area contributed by atoms with Gasteiger partial charge in [0.05, 0.1) is 19.8 Å². The van der Waals surface area contributed by atoms with E-state index in [1.54, 1.807) is 38.5 Å². The summed E-state index contributed by atoms with van der Waals surface area (Å²) < 4.78 is 17.0. The normalized spacial score (nSPS) is 13.9. The van der Waals surface area contributed by atoms with Gasteiger partial charge in [0, 0.05) is 23.6 Å². The predicted octanol–water partition coefficient (Wildman–Crippen LogP) is 5.25. The van der Waals surface area contributed by atoms with Crippen molar-refractivity contribution in [3.63, 3.8) is 0 Å². The molecule has 158 valence electrons. The highest BCUT2D eigenvalue weighted by molar-refractivity contribution is 9.10. The number of benzene rings is 2. The fourth-order valence-corrected chi connectivity index (χ4v) is 3.99. The summed E-state index contributed by atoms with van der Waals surface area (Å²) in [5.74, 6) is 1.20. The van der Waals surface area contributed by atoms with Crippen LogP contribution in [0, 0.1) is 0 Å². The summed E-state index contributed by atoms with van der Waals surface area (Å²) in [5.41, 5.74) is 1.54. The minimum Gasteiger partial charge on any atom is -0.493 e. The Morgan fingerprint density at radius 1 is 1.00 bits per heavy atom. The first kappa shape index (κ1) is 22.3. The topological polar surface area (TPSA) is 48.0 Å². The minimum atomic E-state index is -0.477. The zero-order chi connectivity index (χ0) is 21.5. The van der Waals surface area contributed by atoms with Crippen molar-refractivity contribution in [1.29, 1.82) is 0 Å². The van der Waals surface area contributed by atoms with Gasteiger partial charge in [-0.2, -0.15) is 0 Å². The molecule has 0 N–H and O–H groups in total. The van der Waals surface area contributed by atoms with E-state index in [4.69, 9.17) is 26.4 Å². The largest absolute Gasteiger partial charge is 0.493 e. The van der Waals surface area contributed by atoms with Crippen molar-refractivity contribution in [2.75, 3.05) is 27.3 Å². The number of carbonyl (C=O) groups excluding carboxylic acids is 1. The quantitative estimate of drug-likeness (QED) is 0.239. The van der Waals surface area contributed by atoms with Gasteiger partial charge in [0.15, 0.2) is 11.5 Å². The van der Waals surface area contributed by atoms with Crippen LogP contribution in [0.25, 0.3) is 6.08 Å². The fourth-order valence-electron chi connectivity index (χ4n) is 3.29. The van der Waals surface area contributed by atoms with Crippen molar-refractivity contribution in [3.05, 3.63) is 58.1 Å². The van der Waals surface area contributed by atoms with Crippen LogP contribution in [0.3, 0.4) is 0 Å². The summed E-state index contributed by atoms with van der Waals surface area (Å²) in [5, 5.41) is 0. The number of hydrogen-bond acceptors (Lipinski definition) is 5. The SMILES string of the molecule is COc1ccc(/C=C/C(=O)Oc2ccc(Br)cc2C(=S)N2CCCCC2)cc1OC. The molecule has 2 aromatic carbocycles. The highest BCUT2D eigenvalue weighted by atomic mass is 79.9. The summed E-state index contributed by atoms with van der Waals surface area (Å²) in [6.07, 6.45) is 6.53. The van der Waals surface area contributed by atoms with Gasteiger partial charge in [0.1, 0.15) is 10.7 Å². The first-order chi connectivity index (χ1) is 14.5. The maximum Gasteiger partial charge on any atom is 0.336 e. The first-order valence-electron chi connectivity index (χ1n) is 9.72. The fraction of sp³-hybridized carbons (Fsp3) is 0.304. The number of methoxy groups -OCH3 is 2. The molecule has 0 amide bonds. The second-order valence-corrected chi connectivity index (χ2v) is 8.16. The molecule has 3 rings (SSSR count). The number of nitrogens with zero attached hydrogens (tertiary/aromatic N) is 1. The molecule has 7 heteroatoms. The van der Waals surface area contributed by atoms with E-state index >= 15 is 0 Å². The zero-order valence-electron chi connectivity index (χ0n) is 17.0. The summed E-state index contributed by atoms with van der Waals surface area (Å²) in [7, 11) is 3.15. The number of hydrogen-bond donors (Lipinski definition) is 0. The van der Waals surface area contributed by atoms with E-state index < -0.39 is 5.97 Å². The Morgan fingerprint density at radius 2 is 1.70 bits per heavy atom. The van der Waals surface area contributed by atoms with Crippen LogP contribution >= 0.6 is 28.1 Å². The van der Waals surface area contributed by atoms with Gasteiger partial charge >= 0.3 is 5.97 Å². The smallest absolute Gasteiger partial charge is 0.336 e. The Labute approximate surface area is 190 Å². The molecule has 1 saturated heterocycles. The number of carbonyl (C=O) groups is 1. The van der Waals surface area contributed by atoms with Crippen LogP contribution in [0.4, 0.5) is 0 Å². The molecule has 1 fully saturated rings. The third kappa shape index (κ3) is 5.61. The molecule has 30 heavy (non-hydrogen) atoms. The summed E-state index contributed by atoms with van der Waals surface area (Å²) in [4.78, 5) is 15.4. The maximum atomic E-state index is 12.5. The minimum absolute atomic E-state index is 0.454. The van der Waals surface area contributed by atoms with Gasteiger partial charge in [-0.25, -0.2) is 4.79 Å². The molecule has 0 aliphatic carbocycles. The van der Waals surface area contributed by atoms with Crippen molar-refractivity contribution in [2.24, 2.45) is 0 Å². The van der Waals surface area contributed by atoms with Crippen LogP contribution in [0.5, 0.6) is 17.2 Å². The third-order valence-corrected chi connectivity index (χ3v) is 5.82. The van der Waals surface area contributed by atoms with Crippen molar-refractivity contribution in [2.45, 2.75) is 19.3 Å². The summed E-state index contributed by atoms with van der Waals surface area (Å²) >= 11 is 9.19. The van der Waals surface area contributed by atoms with Crippen LogP contribution in [-0.2, 0) is 4.79 Å². The van der Waals surface area contributed by atoms with Crippen LogP contribution in [0.15, 0.2) is 46.9 Å². The molecule has 1 aliphatic rings. The van der Waals surface area contributed by atoms with Crippen molar-refractivity contribution >= 4 is 45.2 Å². The number of halogens is 1. The molecule has 5 nitrogen and oxygen atoms in total. The highest BCUT2D eigenvalue weighted by Gasteiger charge is 2.19. The van der Waals surface area contributed by atoms with Crippen molar-refractivity contribution in [1.82, 2.24) is 4.90 Å². The molecule has 1 heterocycles. The maximum absolute atomic E-state index is 12.5. The number of piperidine rings is 1. The second-order valence-electron chi connectivity index (χ2n) is 6.86. The van der Waals surface area contributed by atoms with Gasteiger partial charge in [0.25, 0.3) is 0 Å². The Bertz CT molecular complexity index is 954. The highest BCUT2D eigenvalue weighted by Crippen LogP contribution is 2.29. The Kier molecular flexibility index (Phi) is 7.87. The molecule has 0 atom stereocenters. The van der Waals surface area contributed by atoms with E-state index in [2.05, 4.69) is 20.8 Å². The van der Waals surface area contributed by atoms with E-state index in [0.717, 1.165) is 41.5 Å². The van der Waals surface area contributed by atoms with E-state index in [1.165, 1.54) is 12.5 Å². The third-order valence-electron chi connectivity index (χ3n) is 4.85. The van der Waals surface area contributed by atoms with E-state index in [9.17, 15) is 4.79 Å². The Hall–Kier alpha value is -2.38. The van der Waals surface area contributed by atoms with Gasteiger partial charge < -0.3 is 19.1 Å². The molecule has 2 aromatic rings. The predicted molar refractivity (Wildman–Crippen MR) is 125 cm³/mol. The lowest BCUT2D eigenvalue weighted by Crippen LogP contribution is -2.35. The van der Waals surface area contributed by atoms with Crippen LogP contribution < -0.4 is 14.2 Å². The van der Waals surface area contributed by atoms with E-state index in [1.807, 2.05) is 18.2 Å². The second kappa shape index (κ2) is 10.6. The van der Waals surface area contributed by atoms with Crippen LogP contribution in [0.1, 0.15) is 30.4 Å². The molecular formula is C23H24BrNO4S. The molecule has 1 aliphatic heterocycles. The molecule has 0 bridgehead atoms. The Balaban J connectivity index is 1.75. The lowest BCUT2D eigenvalue weighted by Gasteiger charge is -2.29. The first-order valence-corrected chi connectivity index (χ1v) is 10.9. The van der Waals surface area contributed by atoms with E-state index in [0.29, 0.717) is 22.2 Å². The molecule has 0 saturated carbocycles. The molecule has 0 unspecified atom stereocenters. The molecule has 0 radical (unpaired) electrons. The number of ether oxygens (including phenoxy) is 3. The zero-order valence-corrected chi connectivity index (χ0v) is 19.4. The Morgan fingerprint density at radius 3 is 2.40 bits per heavy atom. The number of esters is 1. The molecule has 0 aromatic heterocycles. The van der Waals surface area contributed by atoms with Crippen LogP contribution in [0.2, 0.25) is 0 Å². The van der Waals surface area contributed by atoms with Gasteiger partial charge in [-0.3, -0.25) is 0 Å². The van der Waals surface area contributed by atoms with Gasteiger partial charge in [-0.05, 0) is 61.2 Å². The monoisotopic (exact) mass is 489 g/mol. The van der Waals surface area contributed by atoms with Crippen LogP contribution in [-0.4, -0.2) is 43.2 Å². The van der Waals surface area contributed by atoms with Crippen molar-refractivity contribution in [3.8, 4) is 17.2 Å². The average molecular weight is 490 g/mol. The summed E-state index contributed by atoms with van der Waals surface area (Å²) in [6.45, 7) is 1.86. The lowest BCUT2D eigenvalue weighted by atomic mass is 10.1. The number of rotatable bonds is 6. The molecule has 0 spiro atoms. The lowest BCUT2D eigenvalue weighted by molar-refractivity contribution is -0.128.